The van der Waals surface area contributed by atoms with Gasteiger partial charge in [-0.05, 0) is 31.2 Å². The van der Waals surface area contributed by atoms with Gasteiger partial charge in [-0.25, -0.2) is 4.79 Å². The van der Waals surface area contributed by atoms with Crippen LogP contribution in [-0.4, -0.2) is 36.8 Å². The van der Waals surface area contributed by atoms with Crippen LogP contribution in [0.3, 0.4) is 0 Å². The summed E-state index contributed by atoms with van der Waals surface area (Å²) in [7, 11) is 1.56. The van der Waals surface area contributed by atoms with E-state index in [-0.39, 0.29) is 23.3 Å². The fraction of sp³-hybridized carbons (Fsp3) is 0.250. The molecule has 1 heterocycles. The van der Waals surface area contributed by atoms with E-state index < -0.39 is 18.5 Å². The SMILES string of the molecule is COc1ccccc1CNC(=O)COC(=O)c1ccc2c(c1)NC(=O)C(C)S2. The van der Waals surface area contributed by atoms with E-state index in [9.17, 15) is 14.4 Å². The molecule has 8 heteroatoms. The van der Waals surface area contributed by atoms with Crippen molar-refractivity contribution in [2.75, 3.05) is 19.0 Å². The number of ether oxygens (including phenoxy) is 2. The molecule has 2 aromatic carbocycles. The van der Waals surface area contributed by atoms with Gasteiger partial charge in [-0.2, -0.15) is 0 Å². The Kier molecular flexibility index (Phi) is 6.20. The Hall–Kier alpha value is -3.00. The molecular formula is C20H20N2O5S. The number of benzene rings is 2. The van der Waals surface area contributed by atoms with Gasteiger partial charge in [0.05, 0.1) is 23.6 Å². The lowest BCUT2D eigenvalue weighted by atomic mass is 10.2. The number of amides is 2. The number of fused-ring (bicyclic) bond motifs is 1. The molecule has 1 unspecified atom stereocenters. The Morgan fingerprint density at radius 3 is 2.79 bits per heavy atom. The second kappa shape index (κ2) is 8.79. The summed E-state index contributed by atoms with van der Waals surface area (Å²) in [6, 6.07) is 12.3. The normalized spacial score (nSPS) is 15.2. The molecule has 2 aromatic rings. The first kappa shape index (κ1) is 19.8. The molecule has 0 radical (unpaired) electrons. The highest BCUT2D eigenvalue weighted by Gasteiger charge is 2.24. The largest absolute Gasteiger partial charge is 0.496 e. The lowest BCUT2D eigenvalue weighted by Crippen LogP contribution is -2.29. The molecule has 2 N–H and O–H groups in total. The first-order chi connectivity index (χ1) is 13.5. The molecule has 0 fully saturated rings. The summed E-state index contributed by atoms with van der Waals surface area (Å²) in [4.78, 5) is 36.9. The highest BCUT2D eigenvalue weighted by molar-refractivity contribution is 8.00. The van der Waals surface area contributed by atoms with E-state index in [0.29, 0.717) is 11.4 Å². The first-order valence-electron chi connectivity index (χ1n) is 8.65. The van der Waals surface area contributed by atoms with Gasteiger partial charge in [-0.3, -0.25) is 9.59 Å². The van der Waals surface area contributed by atoms with Crippen molar-refractivity contribution < 1.29 is 23.9 Å². The Labute approximate surface area is 166 Å². The third kappa shape index (κ3) is 4.64. The van der Waals surface area contributed by atoms with Crippen LogP contribution < -0.4 is 15.4 Å². The maximum Gasteiger partial charge on any atom is 0.338 e. The summed E-state index contributed by atoms with van der Waals surface area (Å²) < 4.78 is 10.3. The Balaban J connectivity index is 1.53. The van der Waals surface area contributed by atoms with Crippen molar-refractivity contribution in [3.8, 4) is 5.75 Å². The van der Waals surface area contributed by atoms with Crippen LogP contribution in [0.2, 0.25) is 0 Å². The summed E-state index contributed by atoms with van der Waals surface area (Å²) in [6.45, 7) is 1.68. The summed E-state index contributed by atoms with van der Waals surface area (Å²) in [5, 5.41) is 5.26. The number of nitrogens with one attached hydrogen (secondary N) is 2. The minimum absolute atomic E-state index is 0.112. The molecule has 0 saturated carbocycles. The van der Waals surface area contributed by atoms with Gasteiger partial charge in [0.25, 0.3) is 5.91 Å². The lowest BCUT2D eigenvalue weighted by Gasteiger charge is -2.21. The van der Waals surface area contributed by atoms with Gasteiger partial charge in [0.1, 0.15) is 5.75 Å². The smallest absolute Gasteiger partial charge is 0.338 e. The van der Waals surface area contributed by atoms with Crippen molar-refractivity contribution in [3.05, 3.63) is 53.6 Å². The molecule has 1 aliphatic heterocycles. The number of carbonyl (C=O) groups is 3. The van der Waals surface area contributed by atoms with Crippen LogP contribution in [0, 0.1) is 0 Å². The number of esters is 1. The van der Waals surface area contributed by atoms with Crippen molar-refractivity contribution in [2.45, 2.75) is 23.6 Å². The van der Waals surface area contributed by atoms with Gasteiger partial charge in [0.15, 0.2) is 6.61 Å². The molecule has 2 amide bonds. The van der Waals surface area contributed by atoms with Crippen molar-refractivity contribution in [2.24, 2.45) is 0 Å². The van der Waals surface area contributed by atoms with E-state index in [0.717, 1.165) is 10.5 Å². The average Bonchev–Trinajstić information content (AvgIpc) is 2.71. The van der Waals surface area contributed by atoms with E-state index in [4.69, 9.17) is 9.47 Å². The molecule has 0 bridgehead atoms. The molecule has 0 aliphatic carbocycles. The highest BCUT2D eigenvalue weighted by atomic mass is 32.2. The zero-order chi connectivity index (χ0) is 20.1. The number of methoxy groups -OCH3 is 1. The number of para-hydroxylation sites is 1. The summed E-state index contributed by atoms with van der Waals surface area (Å²) in [5.41, 5.74) is 1.66. The van der Waals surface area contributed by atoms with Gasteiger partial charge >= 0.3 is 5.97 Å². The van der Waals surface area contributed by atoms with Gasteiger partial charge < -0.3 is 20.1 Å². The van der Waals surface area contributed by atoms with E-state index in [1.807, 2.05) is 25.1 Å². The molecule has 146 valence electrons. The van der Waals surface area contributed by atoms with Crippen molar-refractivity contribution in [1.29, 1.82) is 0 Å². The Morgan fingerprint density at radius 2 is 2.00 bits per heavy atom. The van der Waals surface area contributed by atoms with Gasteiger partial charge in [-0.15, -0.1) is 11.8 Å². The average molecular weight is 400 g/mol. The van der Waals surface area contributed by atoms with Crippen LogP contribution in [0.4, 0.5) is 5.69 Å². The maximum atomic E-state index is 12.2. The third-order valence-corrected chi connectivity index (χ3v) is 5.33. The van der Waals surface area contributed by atoms with Crippen molar-refractivity contribution in [3.63, 3.8) is 0 Å². The molecule has 0 saturated heterocycles. The van der Waals surface area contributed by atoms with Crippen molar-refractivity contribution in [1.82, 2.24) is 5.32 Å². The first-order valence-corrected chi connectivity index (χ1v) is 9.53. The number of thioether (sulfide) groups is 1. The van der Waals surface area contributed by atoms with Crippen LogP contribution in [0.1, 0.15) is 22.8 Å². The number of anilines is 1. The zero-order valence-electron chi connectivity index (χ0n) is 15.5. The molecule has 1 aliphatic rings. The fourth-order valence-electron chi connectivity index (χ4n) is 2.64. The molecule has 0 aromatic heterocycles. The molecule has 3 rings (SSSR count). The highest BCUT2D eigenvalue weighted by Crippen LogP contribution is 2.36. The lowest BCUT2D eigenvalue weighted by molar-refractivity contribution is -0.124. The van der Waals surface area contributed by atoms with E-state index in [1.165, 1.54) is 11.8 Å². The predicted molar refractivity (Wildman–Crippen MR) is 106 cm³/mol. The van der Waals surface area contributed by atoms with Crippen LogP contribution in [0.15, 0.2) is 47.4 Å². The maximum absolute atomic E-state index is 12.2. The summed E-state index contributed by atoms with van der Waals surface area (Å²) >= 11 is 1.43. The number of rotatable bonds is 6. The topological polar surface area (TPSA) is 93.7 Å². The van der Waals surface area contributed by atoms with Crippen molar-refractivity contribution >= 4 is 35.2 Å². The predicted octanol–water partition coefficient (Wildman–Crippen LogP) is 2.60. The third-order valence-electron chi connectivity index (χ3n) is 4.15. The quantitative estimate of drug-likeness (QED) is 0.724. The standard InChI is InChI=1S/C20H20N2O5S/c1-12-19(24)22-15-9-13(7-8-17(15)28-12)20(25)27-11-18(23)21-10-14-5-3-4-6-16(14)26-2/h3-9,12H,10-11H2,1-2H3,(H,21,23)(H,22,24). The van der Waals surface area contributed by atoms with E-state index >= 15 is 0 Å². The molecular weight excluding hydrogens is 380 g/mol. The fourth-order valence-corrected chi connectivity index (χ4v) is 3.57. The molecule has 28 heavy (non-hydrogen) atoms. The van der Waals surface area contributed by atoms with Crippen LogP contribution >= 0.6 is 11.8 Å². The summed E-state index contributed by atoms with van der Waals surface area (Å²) in [6.07, 6.45) is 0. The molecule has 1 atom stereocenters. The van der Waals surface area contributed by atoms with Gasteiger partial charge in [-0.1, -0.05) is 18.2 Å². The number of carbonyl (C=O) groups excluding carboxylic acids is 3. The monoisotopic (exact) mass is 400 g/mol. The molecule has 0 spiro atoms. The number of hydrogen-bond acceptors (Lipinski definition) is 6. The van der Waals surface area contributed by atoms with Crippen LogP contribution in [0.25, 0.3) is 0 Å². The Morgan fingerprint density at radius 1 is 1.21 bits per heavy atom. The van der Waals surface area contributed by atoms with Gasteiger partial charge in [0, 0.05) is 17.0 Å². The van der Waals surface area contributed by atoms with E-state index in [2.05, 4.69) is 10.6 Å². The Bertz CT molecular complexity index is 915. The van der Waals surface area contributed by atoms with Crippen LogP contribution in [0.5, 0.6) is 5.75 Å². The second-order valence-corrected chi connectivity index (χ2v) is 7.51. The number of hydrogen-bond donors (Lipinski definition) is 2. The zero-order valence-corrected chi connectivity index (χ0v) is 16.3. The van der Waals surface area contributed by atoms with E-state index in [1.54, 1.807) is 31.4 Å². The molecule has 7 nitrogen and oxygen atoms in total. The second-order valence-electron chi connectivity index (χ2n) is 6.12. The van der Waals surface area contributed by atoms with Gasteiger partial charge in [0.2, 0.25) is 5.91 Å². The minimum atomic E-state index is -0.631. The minimum Gasteiger partial charge on any atom is -0.496 e. The summed E-state index contributed by atoms with van der Waals surface area (Å²) in [5.74, 6) is -0.496. The van der Waals surface area contributed by atoms with Crippen LogP contribution in [-0.2, 0) is 20.9 Å².